The summed E-state index contributed by atoms with van der Waals surface area (Å²) in [7, 11) is 0. The number of hydrogen-bond donors (Lipinski definition) is 6. The lowest BCUT2D eigenvalue weighted by Gasteiger charge is -2.17. The largest absolute Gasteiger partial charge is 0.394 e. The molecule has 0 radical (unpaired) electrons. The van der Waals surface area contributed by atoms with Gasteiger partial charge in [-0.2, -0.15) is 4.98 Å². The standard InChI is InChI=1S/C16H19N5O6/c1-7(23)18-4-2-3-8-5-21(13-10(8)14(26)20-16(17)19-13)15-12(25)11(24)9(6-22)27-15/h5,9,11-12,15,22,24-25H,4,6H2,1H3,(H,18,23)(H3,17,19,20,26). The fourth-order valence-corrected chi connectivity index (χ4v) is 2.88. The van der Waals surface area contributed by atoms with E-state index in [4.69, 9.17) is 10.5 Å². The van der Waals surface area contributed by atoms with Crippen LogP contribution in [0.4, 0.5) is 5.95 Å². The third-order valence-electron chi connectivity index (χ3n) is 4.14. The monoisotopic (exact) mass is 377 g/mol. The summed E-state index contributed by atoms with van der Waals surface area (Å²) in [6, 6.07) is 0. The third-order valence-corrected chi connectivity index (χ3v) is 4.14. The molecular formula is C16H19N5O6. The molecule has 27 heavy (non-hydrogen) atoms. The number of carbonyl (C=O) groups is 1. The van der Waals surface area contributed by atoms with Crippen LogP contribution in [0.2, 0.25) is 0 Å². The Bertz CT molecular complexity index is 987. The molecular weight excluding hydrogens is 358 g/mol. The van der Waals surface area contributed by atoms with Crippen LogP contribution in [0.25, 0.3) is 11.0 Å². The minimum Gasteiger partial charge on any atom is -0.394 e. The highest BCUT2D eigenvalue weighted by molar-refractivity contribution is 5.83. The van der Waals surface area contributed by atoms with E-state index in [1.807, 2.05) is 0 Å². The molecule has 0 spiro atoms. The number of aliphatic hydroxyl groups excluding tert-OH is 3. The van der Waals surface area contributed by atoms with Crippen molar-refractivity contribution >= 4 is 22.9 Å². The van der Waals surface area contributed by atoms with E-state index in [9.17, 15) is 24.9 Å². The van der Waals surface area contributed by atoms with Crippen LogP contribution in [0.3, 0.4) is 0 Å². The van der Waals surface area contributed by atoms with Crippen molar-refractivity contribution in [2.75, 3.05) is 18.9 Å². The number of ether oxygens (including phenoxy) is 1. The second-order valence-electron chi connectivity index (χ2n) is 6.04. The van der Waals surface area contributed by atoms with Gasteiger partial charge in [-0.25, -0.2) is 0 Å². The average Bonchev–Trinajstić information content (AvgIpc) is 3.10. The van der Waals surface area contributed by atoms with Crippen LogP contribution >= 0.6 is 0 Å². The molecule has 1 saturated heterocycles. The van der Waals surface area contributed by atoms with Crippen molar-refractivity contribution in [1.29, 1.82) is 0 Å². The van der Waals surface area contributed by atoms with Gasteiger partial charge in [-0.05, 0) is 0 Å². The molecule has 1 aliphatic rings. The predicted octanol–water partition coefficient (Wildman–Crippen LogP) is -2.59. The predicted molar refractivity (Wildman–Crippen MR) is 93.3 cm³/mol. The van der Waals surface area contributed by atoms with Gasteiger partial charge in [-0.15, -0.1) is 0 Å². The van der Waals surface area contributed by atoms with Crippen molar-refractivity contribution in [3.8, 4) is 11.8 Å². The maximum absolute atomic E-state index is 12.3. The lowest BCUT2D eigenvalue weighted by molar-refractivity contribution is -0.118. The van der Waals surface area contributed by atoms with Crippen LogP contribution < -0.4 is 16.6 Å². The van der Waals surface area contributed by atoms with Crippen LogP contribution in [0.15, 0.2) is 11.0 Å². The van der Waals surface area contributed by atoms with Gasteiger partial charge in [-0.3, -0.25) is 14.6 Å². The number of nitrogen functional groups attached to an aromatic ring is 1. The molecule has 0 bridgehead atoms. The van der Waals surface area contributed by atoms with Crippen molar-refractivity contribution in [1.82, 2.24) is 19.9 Å². The molecule has 4 atom stereocenters. The summed E-state index contributed by atoms with van der Waals surface area (Å²) in [4.78, 5) is 29.7. The highest BCUT2D eigenvalue weighted by Crippen LogP contribution is 2.32. The Morgan fingerprint density at radius 2 is 2.22 bits per heavy atom. The molecule has 7 N–H and O–H groups in total. The van der Waals surface area contributed by atoms with Gasteiger partial charge in [0.25, 0.3) is 5.56 Å². The van der Waals surface area contributed by atoms with Crippen LogP contribution in [-0.2, 0) is 9.53 Å². The summed E-state index contributed by atoms with van der Waals surface area (Å²) < 4.78 is 6.83. The molecule has 0 saturated carbocycles. The first-order valence-corrected chi connectivity index (χ1v) is 8.09. The van der Waals surface area contributed by atoms with E-state index in [2.05, 4.69) is 27.1 Å². The molecule has 144 valence electrons. The van der Waals surface area contributed by atoms with E-state index in [-0.39, 0.29) is 35.0 Å². The van der Waals surface area contributed by atoms with Crippen LogP contribution in [0.1, 0.15) is 18.7 Å². The van der Waals surface area contributed by atoms with Gasteiger partial charge in [0.05, 0.1) is 24.1 Å². The number of amides is 1. The first kappa shape index (κ1) is 18.9. The normalized spacial score (nSPS) is 24.6. The quantitative estimate of drug-likeness (QED) is 0.316. The van der Waals surface area contributed by atoms with Gasteiger partial charge in [0, 0.05) is 13.1 Å². The Kier molecular flexibility index (Phi) is 5.15. The number of aromatic amines is 1. The topological polar surface area (TPSA) is 176 Å². The van der Waals surface area contributed by atoms with E-state index < -0.39 is 36.7 Å². The summed E-state index contributed by atoms with van der Waals surface area (Å²) >= 11 is 0. The lowest BCUT2D eigenvalue weighted by atomic mass is 10.1. The number of hydrogen-bond acceptors (Lipinski definition) is 8. The molecule has 0 aromatic carbocycles. The van der Waals surface area contributed by atoms with Crippen molar-refractivity contribution in [3.63, 3.8) is 0 Å². The van der Waals surface area contributed by atoms with Gasteiger partial charge in [0.1, 0.15) is 18.3 Å². The van der Waals surface area contributed by atoms with Gasteiger partial charge < -0.3 is 35.7 Å². The fourth-order valence-electron chi connectivity index (χ4n) is 2.88. The van der Waals surface area contributed by atoms with Crippen molar-refractivity contribution in [2.45, 2.75) is 31.5 Å². The lowest BCUT2D eigenvalue weighted by Crippen LogP contribution is -2.33. The molecule has 2 aromatic heterocycles. The van der Waals surface area contributed by atoms with E-state index >= 15 is 0 Å². The average molecular weight is 377 g/mol. The molecule has 1 fully saturated rings. The first-order valence-electron chi connectivity index (χ1n) is 8.09. The number of H-pyrrole nitrogens is 1. The van der Waals surface area contributed by atoms with Crippen LogP contribution in [-0.4, -0.2) is 67.2 Å². The van der Waals surface area contributed by atoms with E-state index in [1.165, 1.54) is 17.7 Å². The fraction of sp³-hybridized carbons (Fsp3) is 0.438. The van der Waals surface area contributed by atoms with Crippen LogP contribution in [0.5, 0.6) is 0 Å². The van der Waals surface area contributed by atoms with Crippen LogP contribution in [0, 0.1) is 11.8 Å². The first-order chi connectivity index (χ1) is 12.8. The van der Waals surface area contributed by atoms with Gasteiger partial charge in [0.2, 0.25) is 11.9 Å². The molecule has 3 heterocycles. The summed E-state index contributed by atoms with van der Waals surface area (Å²) in [5.74, 6) is 5.09. The maximum atomic E-state index is 12.3. The number of aromatic nitrogens is 3. The van der Waals surface area contributed by atoms with Gasteiger partial charge in [-0.1, -0.05) is 11.8 Å². The highest BCUT2D eigenvalue weighted by atomic mass is 16.6. The Hall–Kier alpha value is -2.91. The number of fused-ring (bicyclic) bond motifs is 1. The Morgan fingerprint density at radius 1 is 1.48 bits per heavy atom. The Morgan fingerprint density at radius 3 is 2.85 bits per heavy atom. The number of carbonyl (C=O) groups excluding carboxylic acids is 1. The van der Waals surface area contributed by atoms with Gasteiger partial charge in [0.15, 0.2) is 11.9 Å². The highest BCUT2D eigenvalue weighted by Gasteiger charge is 2.44. The maximum Gasteiger partial charge on any atom is 0.263 e. The number of anilines is 1. The molecule has 1 aliphatic heterocycles. The zero-order valence-corrected chi connectivity index (χ0v) is 14.3. The zero-order valence-electron chi connectivity index (χ0n) is 14.3. The van der Waals surface area contributed by atoms with Crippen molar-refractivity contribution in [2.24, 2.45) is 0 Å². The van der Waals surface area contributed by atoms with E-state index in [0.717, 1.165) is 0 Å². The summed E-state index contributed by atoms with van der Waals surface area (Å²) in [6.45, 7) is 0.941. The molecule has 2 aromatic rings. The van der Waals surface area contributed by atoms with Crippen molar-refractivity contribution < 1.29 is 24.9 Å². The number of nitrogens with two attached hydrogens (primary N) is 1. The smallest absolute Gasteiger partial charge is 0.263 e. The summed E-state index contributed by atoms with van der Waals surface area (Å²) in [5.41, 5.74) is 5.47. The number of aliphatic hydroxyl groups is 3. The zero-order chi connectivity index (χ0) is 19.7. The molecule has 1 amide bonds. The Labute approximate surface area is 152 Å². The number of nitrogens with zero attached hydrogens (tertiary/aromatic N) is 2. The minimum absolute atomic E-state index is 0.0795. The second kappa shape index (κ2) is 7.37. The SMILES string of the molecule is CC(=O)NCC#Cc1cn(C2OC(CO)C(O)C2O)c2nc(N)[nH]c(=O)c12. The summed E-state index contributed by atoms with van der Waals surface area (Å²) in [6.07, 6.45) is -3.32. The number of nitrogens with one attached hydrogen (secondary N) is 2. The Balaban J connectivity index is 2.08. The molecule has 11 heteroatoms. The molecule has 11 nitrogen and oxygen atoms in total. The molecule has 4 unspecified atom stereocenters. The van der Waals surface area contributed by atoms with Crippen molar-refractivity contribution in [3.05, 3.63) is 22.1 Å². The third kappa shape index (κ3) is 3.51. The van der Waals surface area contributed by atoms with E-state index in [0.29, 0.717) is 0 Å². The number of rotatable bonds is 3. The molecule has 3 rings (SSSR count). The van der Waals surface area contributed by atoms with E-state index in [1.54, 1.807) is 0 Å². The van der Waals surface area contributed by atoms with Gasteiger partial charge >= 0.3 is 0 Å². The minimum atomic E-state index is -1.36. The molecule has 0 aliphatic carbocycles. The summed E-state index contributed by atoms with van der Waals surface area (Å²) in [5, 5.41) is 32.1. The second-order valence-corrected chi connectivity index (χ2v) is 6.04.